The first-order valence-electron chi connectivity index (χ1n) is 10.8. The summed E-state index contributed by atoms with van der Waals surface area (Å²) in [4.78, 5) is 7.13. The summed E-state index contributed by atoms with van der Waals surface area (Å²) < 4.78 is 8.03. The van der Waals surface area contributed by atoms with Crippen LogP contribution in [0.5, 0.6) is 0 Å². The van der Waals surface area contributed by atoms with Gasteiger partial charge in [-0.1, -0.05) is 41.9 Å². The number of aryl methyl sites for hydroxylation is 1. The number of nitrogens with zero attached hydrogens (tertiary/aromatic N) is 6. The zero-order valence-electron chi connectivity index (χ0n) is 17.0. The molecule has 29 heavy (non-hydrogen) atoms. The van der Waals surface area contributed by atoms with Crippen molar-refractivity contribution in [1.29, 1.82) is 0 Å². The van der Waals surface area contributed by atoms with E-state index < -0.39 is 0 Å². The molecule has 1 saturated heterocycles. The van der Waals surface area contributed by atoms with Gasteiger partial charge < -0.3 is 9.09 Å². The highest BCUT2D eigenvalue weighted by molar-refractivity contribution is 5.53. The molecule has 7 heteroatoms. The first-order chi connectivity index (χ1) is 14.3. The molecule has 2 unspecified atom stereocenters. The van der Waals surface area contributed by atoms with Crippen molar-refractivity contribution in [3.05, 3.63) is 47.9 Å². The molecular weight excluding hydrogens is 364 g/mol. The van der Waals surface area contributed by atoms with Crippen LogP contribution >= 0.6 is 0 Å². The second-order valence-electron chi connectivity index (χ2n) is 8.27. The molecule has 0 amide bonds. The van der Waals surface area contributed by atoms with Gasteiger partial charge in [-0.15, -0.1) is 10.2 Å². The van der Waals surface area contributed by atoms with Gasteiger partial charge in [0.05, 0.1) is 6.04 Å². The van der Waals surface area contributed by atoms with Gasteiger partial charge in [-0.3, -0.25) is 4.90 Å². The van der Waals surface area contributed by atoms with E-state index in [1.807, 2.05) is 30.3 Å². The van der Waals surface area contributed by atoms with Crippen LogP contribution in [0.1, 0.15) is 68.5 Å². The fraction of sp³-hybridized carbons (Fsp3) is 0.545. The molecule has 0 bridgehead atoms. The number of aromatic nitrogens is 5. The molecule has 2 aliphatic heterocycles. The van der Waals surface area contributed by atoms with Crippen molar-refractivity contribution >= 4 is 0 Å². The summed E-state index contributed by atoms with van der Waals surface area (Å²) >= 11 is 0. The molecule has 0 N–H and O–H groups in total. The first-order valence-corrected chi connectivity index (χ1v) is 10.8. The number of benzene rings is 1. The Hall–Kier alpha value is -2.54. The zero-order chi connectivity index (χ0) is 19.6. The molecule has 5 rings (SSSR count). The Kier molecular flexibility index (Phi) is 5.14. The van der Waals surface area contributed by atoms with Gasteiger partial charge in [0.1, 0.15) is 11.6 Å². The highest BCUT2D eigenvalue weighted by Crippen LogP contribution is 2.32. The highest BCUT2D eigenvalue weighted by atomic mass is 16.5. The third-order valence-electron chi connectivity index (χ3n) is 6.33. The highest BCUT2D eigenvalue weighted by Gasteiger charge is 2.31. The average Bonchev–Trinajstić information content (AvgIpc) is 3.36. The normalized spacial score (nSPS) is 21.5. The number of hydrogen-bond donors (Lipinski definition) is 0. The summed E-state index contributed by atoms with van der Waals surface area (Å²) in [6, 6.07) is 10.1. The Bertz CT molecular complexity index is 949. The van der Waals surface area contributed by atoms with Gasteiger partial charge in [-0.05, 0) is 39.2 Å². The van der Waals surface area contributed by atoms with E-state index in [1.165, 1.54) is 37.3 Å². The van der Waals surface area contributed by atoms with Crippen LogP contribution in [0, 0.1) is 0 Å². The maximum Gasteiger partial charge on any atom is 0.244 e. The van der Waals surface area contributed by atoms with E-state index >= 15 is 0 Å². The van der Waals surface area contributed by atoms with Crippen LogP contribution in [0.3, 0.4) is 0 Å². The van der Waals surface area contributed by atoms with Crippen molar-refractivity contribution in [3.63, 3.8) is 0 Å². The number of fused-ring (bicyclic) bond motifs is 1. The average molecular weight is 393 g/mol. The predicted octanol–water partition coefficient (Wildman–Crippen LogP) is 4.00. The second-order valence-corrected chi connectivity index (χ2v) is 8.27. The minimum absolute atomic E-state index is 0.0919. The van der Waals surface area contributed by atoms with Gasteiger partial charge in [0.15, 0.2) is 0 Å². The summed E-state index contributed by atoms with van der Waals surface area (Å²) in [7, 11) is 0. The van der Waals surface area contributed by atoms with E-state index in [4.69, 9.17) is 4.52 Å². The fourth-order valence-corrected chi connectivity index (χ4v) is 4.64. The van der Waals surface area contributed by atoms with E-state index in [0.29, 0.717) is 17.6 Å². The minimum Gasteiger partial charge on any atom is -0.337 e. The molecule has 0 aliphatic carbocycles. The number of likely N-dealkylation sites (tertiary alicyclic amines) is 1. The SMILES string of the molecule is CC(c1nc(-c2ccccc2)no1)N1CCCC(c2nnc3n2CCCCC3)C1. The Morgan fingerprint density at radius 1 is 1.03 bits per heavy atom. The molecule has 2 atom stereocenters. The summed E-state index contributed by atoms with van der Waals surface area (Å²) in [6.07, 6.45) is 7.13. The fourth-order valence-electron chi connectivity index (χ4n) is 4.64. The third kappa shape index (κ3) is 3.71. The Balaban J connectivity index is 1.32. The van der Waals surface area contributed by atoms with Crippen molar-refractivity contribution < 1.29 is 4.52 Å². The summed E-state index contributed by atoms with van der Waals surface area (Å²) in [5.41, 5.74) is 0.984. The smallest absolute Gasteiger partial charge is 0.244 e. The number of rotatable bonds is 4. The quantitative estimate of drug-likeness (QED) is 0.668. The van der Waals surface area contributed by atoms with Crippen LogP contribution in [0.2, 0.25) is 0 Å². The lowest BCUT2D eigenvalue weighted by Crippen LogP contribution is -2.37. The Morgan fingerprint density at radius 3 is 2.83 bits per heavy atom. The van der Waals surface area contributed by atoms with Crippen molar-refractivity contribution in [1.82, 2.24) is 29.8 Å². The number of piperidine rings is 1. The summed E-state index contributed by atoms with van der Waals surface area (Å²) in [5.74, 6) is 4.11. The lowest BCUT2D eigenvalue weighted by Gasteiger charge is -2.35. The monoisotopic (exact) mass is 392 g/mol. The molecule has 2 aromatic heterocycles. The number of hydrogen-bond acceptors (Lipinski definition) is 6. The van der Waals surface area contributed by atoms with Gasteiger partial charge in [-0.25, -0.2) is 0 Å². The third-order valence-corrected chi connectivity index (χ3v) is 6.33. The van der Waals surface area contributed by atoms with Gasteiger partial charge in [0, 0.05) is 31.0 Å². The maximum atomic E-state index is 5.63. The summed E-state index contributed by atoms with van der Waals surface area (Å²) in [5, 5.41) is 13.3. The van der Waals surface area contributed by atoms with Crippen molar-refractivity contribution in [2.75, 3.05) is 13.1 Å². The molecule has 152 valence electrons. The van der Waals surface area contributed by atoms with Crippen LogP contribution in [0.15, 0.2) is 34.9 Å². The topological polar surface area (TPSA) is 72.9 Å². The van der Waals surface area contributed by atoms with E-state index in [1.54, 1.807) is 0 Å². The van der Waals surface area contributed by atoms with Gasteiger partial charge >= 0.3 is 0 Å². The standard InChI is InChI=1S/C22H28N6O/c1-16(22-23-20(26-29-22)17-9-4-2-5-10-17)27-13-8-11-18(15-27)21-25-24-19-12-6-3-7-14-28(19)21/h2,4-5,9-10,16,18H,3,6-8,11-15H2,1H3. The van der Waals surface area contributed by atoms with Gasteiger partial charge in [0.2, 0.25) is 11.7 Å². The maximum absolute atomic E-state index is 5.63. The van der Waals surface area contributed by atoms with Crippen LogP contribution in [-0.4, -0.2) is 42.9 Å². The molecule has 1 fully saturated rings. The summed E-state index contributed by atoms with van der Waals surface area (Å²) in [6.45, 7) is 5.23. The molecule has 0 saturated carbocycles. The van der Waals surface area contributed by atoms with Crippen molar-refractivity contribution in [2.45, 2.75) is 64.0 Å². The predicted molar refractivity (Wildman–Crippen MR) is 109 cm³/mol. The van der Waals surface area contributed by atoms with Crippen LogP contribution in [0.25, 0.3) is 11.4 Å². The molecule has 0 spiro atoms. The van der Waals surface area contributed by atoms with Crippen LogP contribution in [-0.2, 0) is 13.0 Å². The largest absolute Gasteiger partial charge is 0.337 e. The molecule has 2 aliphatic rings. The first kappa shape index (κ1) is 18.5. The second kappa shape index (κ2) is 8.06. The van der Waals surface area contributed by atoms with Gasteiger partial charge in [-0.2, -0.15) is 4.98 Å². The lowest BCUT2D eigenvalue weighted by atomic mass is 9.96. The zero-order valence-corrected chi connectivity index (χ0v) is 17.0. The molecule has 4 heterocycles. The molecular formula is C22H28N6O. The van der Waals surface area contributed by atoms with E-state index in [2.05, 4.69) is 36.7 Å². The molecule has 3 aromatic rings. The van der Waals surface area contributed by atoms with Crippen LogP contribution < -0.4 is 0 Å². The van der Waals surface area contributed by atoms with Crippen LogP contribution in [0.4, 0.5) is 0 Å². The minimum atomic E-state index is 0.0919. The van der Waals surface area contributed by atoms with Crippen molar-refractivity contribution in [2.24, 2.45) is 0 Å². The van der Waals surface area contributed by atoms with E-state index in [9.17, 15) is 0 Å². The Labute approximate surface area is 171 Å². The van der Waals surface area contributed by atoms with Crippen molar-refractivity contribution in [3.8, 4) is 11.4 Å². The van der Waals surface area contributed by atoms with E-state index in [-0.39, 0.29) is 6.04 Å². The van der Waals surface area contributed by atoms with Gasteiger partial charge in [0.25, 0.3) is 0 Å². The lowest BCUT2D eigenvalue weighted by molar-refractivity contribution is 0.129. The Morgan fingerprint density at radius 2 is 1.93 bits per heavy atom. The molecule has 0 radical (unpaired) electrons. The molecule has 1 aromatic carbocycles. The molecule has 7 nitrogen and oxygen atoms in total. The van der Waals surface area contributed by atoms with E-state index in [0.717, 1.165) is 38.0 Å².